The Balaban J connectivity index is 2.47. The van der Waals surface area contributed by atoms with Crippen molar-refractivity contribution in [2.45, 2.75) is 19.8 Å². The predicted molar refractivity (Wildman–Crippen MR) is 64.4 cm³/mol. The second-order valence-corrected chi connectivity index (χ2v) is 4.09. The van der Waals surface area contributed by atoms with Gasteiger partial charge in [0.25, 0.3) is 0 Å². The molecule has 0 spiro atoms. The fraction of sp³-hybridized carbons (Fsp3) is 0.600. The zero-order valence-electron chi connectivity index (χ0n) is 10.3. The molecule has 0 radical (unpaired) electrons. The van der Waals surface area contributed by atoms with Gasteiger partial charge in [0.1, 0.15) is 0 Å². The number of nitrogens with zero attached hydrogens (tertiary/aromatic N) is 3. The van der Waals surface area contributed by atoms with Gasteiger partial charge in [0.2, 0.25) is 12.1 Å². The zero-order chi connectivity index (χ0) is 13.7. The Kier molecular flexibility index (Phi) is 4.64. The normalized spacial score (nSPS) is 12.1. The smallest absolute Gasteiger partial charge is 0.406 e. The lowest BCUT2D eigenvalue weighted by molar-refractivity contribution is -0.388. The van der Waals surface area contributed by atoms with E-state index in [-0.39, 0.29) is 5.82 Å². The first-order chi connectivity index (χ1) is 8.43. The molecule has 0 aliphatic carbocycles. The molecule has 1 atom stereocenters. The molecule has 1 rings (SSSR count). The SMILES string of the molecule is CC(CCCNc1c([N+](=O)[O-])ncn1C)C(=O)O. The summed E-state index contributed by atoms with van der Waals surface area (Å²) < 4.78 is 1.53. The fourth-order valence-corrected chi connectivity index (χ4v) is 1.49. The minimum atomic E-state index is -0.832. The molecular formula is C10H16N4O4. The van der Waals surface area contributed by atoms with Crippen LogP contribution < -0.4 is 5.32 Å². The van der Waals surface area contributed by atoms with E-state index in [2.05, 4.69) is 10.3 Å². The van der Waals surface area contributed by atoms with Gasteiger partial charge in [-0.1, -0.05) is 6.92 Å². The van der Waals surface area contributed by atoms with Crippen molar-refractivity contribution < 1.29 is 14.8 Å². The summed E-state index contributed by atoms with van der Waals surface area (Å²) in [6.45, 7) is 2.10. The summed E-state index contributed by atoms with van der Waals surface area (Å²) >= 11 is 0. The number of anilines is 1. The molecule has 0 fully saturated rings. The van der Waals surface area contributed by atoms with Gasteiger partial charge in [0, 0.05) is 13.6 Å². The molecular weight excluding hydrogens is 240 g/mol. The number of hydrogen-bond acceptors (Lipinski definition) is 5. The van der Waals surface area contributed by atoms with E-state index in [0.29, 0.717) is 25.2 Å². The van der Waals surface area contributed by atoms with Gasteiger partial charge in [-0.05, 0) is 22.7 Å². The summed E-state index contributed by atoms with van der Waals surface area (Å²) in [5, 5.41) is 22.3. The number of nitrogens with one attached hydrogen (secondary N) is 1. The average Bonchev–Trinajstić information content (AvgIpc) is 2.66. The van der Waals surface area contributed by atoms with Gasteiger partial charge < -0.3 is 20.5 Å². The van der Waals surface area contributed by atoms with Gasteiger partial charge in [0.15, 0.2) is 0 Å². The van der Waals surface area contributed by atoms with E-state index >= 15 is 0 Å². The summed E-state index contributed by atoms with van der Waals surface area (Å²) in [6, 6.07) is 0. The predicted octanol–water partition coefficient (Wildman–Crippen LogP) is 1.24. The van der Waals surface area contributed by atoms with Gasteiger partial charge in [-0.3, -0.25) is 9.36 Å². The lowest BCUT2D eigenvalue weighted by Crippen LogP contribution is -2.12. The number of carboxylic acids is 1. The number of aliphatic carboxylic acids is 1. The second kappa shape index (κ2) is 5.99. The molecule has 0 aliphatic rings. The van der Waals surface area contributed by atoms with E-state index in [1.807, 2.05) is 0 Å². The summed E-state index contributed by atoms with van der Waals surface area (Å²) in [6.07, 6.45) is 2.50. The molecule has 0 aromatic carbocycles. The third-order valence-corrected chi connectivity index (χ3v) is 2.62. The van der Waals surface area contributed by atoms with Crippen molar-refractivity contribution in [2.75, 3.05) is 11.9 Å². The molecule has 1 heterocycles. The molecule has 1 aromatic rings. The van der Waals surface area contributed by atoms with Gasteiger partial charge in [-0.2, -0.15) is 0 Å². The summed E-state index contributed by atoms with van der Waals surface area (Å²) in [7, 11) is 1.65. The van der Waals surface area contributed by atoms with E-state index < -0.39 is 16.8 Å². The van der Waals surface area contributed by atoms with Crippen molar-refractivity contribution in [3.63, 3.8) is 0 Å². The highest BCUT2D eigenvalue weighted by molar-refractivity contribution is 5.69. The second-order valence-electron chi connectivity index (χ2n) is 4.09. The van der Waals surface area contributed by atoms with Crippen LogP contribution in [0.4, 0.5) is 11.6 Å². The Labute approximate surface area is 104 Å². The number of nitro groups is 1. The van der Waals surface area contributed by atoms with Crippen molar-refractivity contribution in [1.82, 2.24) is 9.55 Å². The lowest BCUT2D eigenvalue weighted by Gasteiger charge is -2.08. The van der Waals surface area contributed by atoms with Gasteiger partial charge >= 0.3 is 11.8 Å². The maximum Gasteiger partial charge on any atom is 0.406 e. The average molecular weight is 256 g/mol. The van der Waals surface area contributed by atoms with Crippen molar-refractivity contribution >= 4 is 17.6 Å². The van der Waals surface area contributed by atoms with Crippen molar-refractivity contribution in [3.05, 3.63) is 16.4 Å². The molecule has 0 saturated heterocycles. The minimum Gasteiger partial charge on any atom is -0.481 e. The number of carboxylic acid groups (broad SMARTS) is 1. The largest absolute Gasteiger partial charge is 0.481 e. The molecule has 8 heteroatoms. The first kappa shape index (κ1) is 13.9. The summed E-state index contributed by atoms with van der Waals surface area (Å²) in [5.74, 6) is -1.12. The highest BCUT2D eigenvalue weighted by atomic mass is 16.6. The Morgan fingerprint density at radius 2 is 2.39 bits per heavy atom. The number of hydrogen-bond donors (Lipinski definition) is 2. The number of rotatable bonds is 7. The van der Waals surface area contributed by atoms with Crippen molar-refractivity contribution in [1.29, 1.82) is 0 Å². The molecule has 1 unspecified atom stereocenters. The molecule has 0 amide bonds. The molecule has 8 nitrogen and oxygen atoms in total. The van der Waals surface area contributed by atoms with Gasteiger partial charge in [-0.25, -0.2) is 0 Å². The van der Waals surface area contributed by atoms with E-state index in [4.69, 9.17) is 5.11 Å². The molecule has 1 aromatic heterocycles. The number of aryl methyl sites for hydroxylation is 1. The van der Waals surface area contributed by atoms with Crippen LogP contribution in [0.1, 0.15) is 19.8 Å². The van der Waals surface area contributed by atoms with Crippen LogP contribution in [-0.4, -0.2) is 32.1 Å². The summed E-state index contributed by atoms with van der Waals surface area (Å²) in [4.78, 5) is 24.4. The van der Waals surface area contributed by atoms with Gasteiger partial charge in [0.05, 0.1) is 5.92 Å². The molecule has 2 N–H and O–H groups in total. The van der Waals surface area contributed by atoms with E-state index in [0.717, 1.165) is 0 Å². The zero-order valence-corrected chi connectivity index (χ0v) is 10.3. The van der Waals surface area contributed by atoms with E-state index in [9.17, 15) is 14.9 Å². The van der Waals surface area contributed by atoms with Crippen LogP contribution in [0.25, 0.3) is 0 Å². The quantitative estimate of drug-likeness (QED) is 0.431. The minimum absolute atomic E-state index is 0.219. The van der Waals surface area contributed by atoms with Crippen LogP contribution in [0.5, 0.6) is 0 Å². The van der Waals surface area contributed by atoms with E-state index in [1.165, 1.54) is 10.9 Å². The van der Waals surface area contributed by atoms with Gasteiger partial charge in [-0.15, -0.1) is 0 Å². The van der Waals surface area contributed by atoms with Crippen LogP contribution in [0.2, 0.25) is 0 Å². The molecule has 100 valence electrons. The van der Waals surface area contributed by atoms with Crippen molar-refractivity contribution in [2.24, 2.45) is 13.0 Å². The maximum absolute atomic E-state index is 10.7. The molecule has 0 aliphatic heterocycles. The first-order valence-electron chi connectivity index (χ1n) is 5.56. The standard InChI is InChI=1S/C10H16N4O4/c1-7(10(15)16)4-3-5-11-8-9(14(17)18)12-6-13(8)2/h6-7,11H,3-5H2,1-2H3,(H,15,16). The molecule has 0 saturated carbocycles. The van der Waals surface area contributed by atoms with Crippen LogP contribution >= 0.6 is 0 Å². The van der Waals surface area contributed by atoms with Crippen molar-refractivity contribution in [3.8, 4) is 0 Å². The van der Waals surface area contributed by atoms with E-state index in [1.54, 1.807) is 14.0 Å². The Morgan fingerprint density at radius 3 is 2.94 bits per heavy atom. The number of imidazole rings is 1. The first-order valence-corrected chi connectivity index (χ1v) is 5.56. The maximum atomic E-state index is 10.7. The fourth-order valence-electron chi connectivity index (χ4n) is 1.49. The monoisotopic (exact) mass is 256 g/mol. The highest BCUT2D eigenvalue weighted by Crippen LogP contribution is 2.21. The molecule has 0 bridgehead atoms. The number of aromatic nitrogens is 2. The van der Waals surface area contributed by atoms with Crippen LogP contribution in [0.3, 0.4) is 0 Å². The number of carbonyl (C=O) groups is 1. The van der Waals surface area contributed by atoms with Crippen LogP contribution in [0.15, 0.2) is 6.33 Å². The Morgan fingerprint density at radius 1 is 1.72 bits per heavy atom. The Hall–Kier alpha value is -2.12. The third kappa shape index (κ3) is 3.44. The third-order valence-electron chi connectivity index (χ3n) is 2.62. The molecule has 18 heavy (non-hydrogen) atoms. The summed E-state index contributed by atoms with van der Waals surface area (Å²) in [5.41, 5.74) is 0. The Bertz CT molecular complexity index is 443. The topological polar surface area (TPSA) is 110 Å². The lowest BCUT2D eigenvalue weighted by atomic mass is 10.1. The highest BCUT2D eigenvalue weighted by Gasteiger charge is 2.19. The van der Waals surface area contributed by atoms with Crippen LogP contribution in [0, 0.1) is 16.0 Å². The van der Waals surface area contributed by atoms with Crippen LogP contribution in [-0.2, 0) is 11.8 Å².